The summed E-state index contributed by atoms with van der Waals surface area (Å²) in [6, 6.07) is 18.3. The predicted octanol–water partition coefficient (Wildman–Crippen LogP) is 3.24. The van der Waals surface area contributed by atoms with Crippen molar-refractivity contribution in [3.05, 3.63) is 60.2 Å². The van der Waals surface area contributed by atoms with Crippen molar-refractivity contribution in [3.8, 4) is 0 Å². The lowest BCUT2D eigenvalue weighted by Crippen LogP contribution is -2.48. The number of benzene rings is 2. The van der Waals surface area contributed by atoms with Gasteiger partial charge in [0.2, 0.25) is 0 Å². The number of rotatable bonds is 6. The van der Waals surface area contributed by atoms with E-state index in [-0.39, 0.29) is 6.03 Å². The Bertz CT molecular complexity index is 872. The normalized spacial score (nSPS) is 15.6. The molecule has 0 bridgehead atoms. The molecule has 1 aliphatic rings. The summed E-state index contributed by atoms with van der Waals surface area (Å²) in [6.45, 7) is 6.71. The number of carbonyl (C=O) groups excluding carboxylic acids is 1. The zero-order valence-electron chi connectivity index (χ0n) is 15.8. The van der Waals surface area contributed by atoms with E-state index in [4.69, 9.17) is 0 Å². The lowest BCUT2D eigenvalue weighted by Gasteiger charge is -2.34. The molecule has 0 radical (unpaired) electrons. The lowest BCUT2D eigenvalue weighted by molar-refractivity contribution is 0.128. The number of aromatic nitrogens is 1. The smallest absolute Gasteiger partial charge is 0.321 e. The second kappa shape index (κ2) is 9.14. The van der Waals surface area contributed by atoms with Gasteiger partial charge < -0.3 is 5.32 Å². The zero-order chi connectivity index (χ0) is 19.2. The zero-order valence-corrected chi connectivity index (χ0v) is 16.6. The number of hydrogen-bond donors (Lipinski definition) is 2. The lowest BCUT2D eigenvalue weighted by atomic mass is 10.2. The molecule has 0 unspecified atom stereocenters. The van der Waals surface area contributed by atoms with Crippen LogP contribution in [-0.4, -0.2) is 60.1 Å². The van der Waals surface area contributed by atoms with Gasteiger partial charge >= 0.3 is 6.03 Å². The summed E-state index contributed by atoms with van der Waals surface area (Å²) in [4.78, 5) is 21.4. The topological polar surface area (TPSA) is 60.5 Å². The minimum absolute atomic E-state index is 0.193. The Kier molecular flexibility index (Phi) is 6.16. The van der Waals surface area contributed by atoms with Crippen molar-refractivity contribution >= 4 is 32.7 Å². The number of fused-ring (bicyclic) bond motifs is 1. The van der Waals surface area contributed by atoms with Gasteiger partial charge in [0.05, 0.1) is 10.2 Å². The predicted molar refractivity (Wildman–Crippen MR) is 115 cm³/mol. The van der Waals surface area contributed by atoms with Crippen molar-refractivity contribution in [2.75, 3.05) is 44.6 Å². The van der Waals surface area contributed by atoms with Crippen molar-refractivity contribution in [3.63, 3.8) is 0 Å². The molecule has 1 saturated heterocycles. The largest absolute Gasteiger partial charge is 0.337 e. The van der Waals surface area contributed by atoms with Crippen molar-refractivity contribution in [1.82, 2.24) is 20.1 Å². The van der Waals surface area contributed by atoms with Crippen LogP contribution in [0.25, 0.3) is 10.2 Å². The maximum absolute atomic E-state index is 12.1. The van der Waals surface area contributed by atoms with Crippen LogP contribution in [0.3, 0.4) is 0 Å². The molecule has 2 N–H and O–H groups in total. The van der Waals surface area contributed by atoms with Gasteiger partial charge in [0, 0.05) is 45.8 Å². The van der Waals surface area contributed by atoms with Gasteiger partial charge in [-0.05, 0) is 17.7 Å². The Labute approximate surface area is 169 Å². The van der Waals surface area contributed by atoms with Crippen LogP contribution < -0.4 is 10.6 Å². The third-order valence-electron chi connectivity index (χ3n) is 4.94. The maximum atomic E-state index is 12.1. The molecule has 6 nitrogen and oxygen atoms in total. The van der Waals surface area contributed by atoms with E-state index in [0.29, 0.717) is 11.7 Å². The first-order valence-electron chi connectivity index (χ1n) is 9.65. The fraction of sp³-hybridized carbons (Fsp3) is 0.333. The van der Waals surface area contributed by atoms with Gasteiger partial charge in [0.15, 0.2) is 5.13 Å². The third-order valence-corrected chi connectivity index (χ3v) is 5.89. The van der Waals surface area contributed by atoms with Gasteiger partial charge in [-0.25, -0.2) is 9.78 Å². The summed E-state index contributed by atoms with van der Waals surface area (Å²) in [5.41, 5.74) is 2.28. The Balaban J connectivity index is 1.15. The highest BCUT2D eigenvalue weighted by atomic mass is 32.1. The van der Waals surface area contributed by atoms with Crippen LogP contribution in [0.2, 0.25) is 0 Å². The van der Waals surface area contributed by atoms with E-state index in [1.54, 1.807) is 0 Å². The standard InChI is InChI=1S/C21H25N5OS/c27-20(24-21-23-18-8-4-5-9-19(18)28-21)22-10-11-25-12-14-26(15-13-25)16-17-6-2-1-3-7-17/h1-9H,10-16H2,(H2,22,23,24,27). The molecule has 0 spiro atoms. The third kappa shape index (κ3) is 5.07. The highest BCUT2D eigenvalue weighted by Gasteiger charge is 2.16. The summed E-state index contributed by atoms with van der Waals surface area (Å²) < 4.78 is 1.08. The first-order chi connectivity index (χ1) is 13.8. The number of nitrogens with zero attached hydrogens (tertiary/aromatic N) is 3. The number of thiazole rings is 1. The molecule has 28 heavy (non-hydrogen) atoms. The molecule has 0 aliphatic carbocycles. The Morgan fingerprint density at radius 3 is 2.46 bits per heavy atom. The van der Waals surface area contributed by atoms with E-state index >= 15 is 0 Å². The number of para-hydroxylation sites is 1. The van der Waals surface area contributed by atoms with Crippen molar-refractivity contribution < 1.29 is 4.79 Å². The number of carbonyl (C=O) groups is 1. The number of hydrogen-bond acceptors (Lipinski definition) is 5. The van der Waals surface area contributed by atoms with Gasteiger partial charge in [0.25, 0.3) is 0 Å². The van der Waals surface area contributed by atoms with Crippen LogP contribution in [0, 0.1) is 0 Å². The number of urea groups is 1. The van der Waals surface area contributed by atoms with Gasteiger partial charge in [0.1, 0.15) is 0 Å². The molecule has 1 fully saturated rings. The van der Waals surface area contributed by atoms with E-state index in [1.165, 1.54) is 16.9 Å². The minimum Gasteiger partial charge on any atom is -0.337 e. The summed E-state index contributed by atoms with van der Waals surface area (Å²) in [5, 5.41) is 6.40. The highest BCUT2D eigenvalue weighted by molar-refractivity contribution is 7.22. The molecule has 2 heterocycles. The van der Waals surface area contributed by atoms with E-state index in [2.05, 4.69) is 55.7 Å². The Hall–Kier alpha value is -2.48. The van der Waals surface area contributed by atoms with Gasteiger partial charge in [-0.3, -0.25) is 15.1 Å². The van der Waals surface area contributed by atoms with Crippen LogP contribution in [0.15, 0.2) is 54.6 Å². The minimum atomic E-state index is -0.193. The van der Waals surface area contributed by atoms with E-state index < -0.39 is 0 Å². The molecule has 146 valence electrons. The van der Waals surface area contributed by atoms with Crippen molar-refractivity contribution in [2.45, 2.75) is 6.54 Å². The maximum Gasteiger partial charge on any atom is 0.321 e. The second-order valence-corrected chi connectivity index (χ2v) is 8.00. The number of anilines is 1. The van der Waals surface area contributed by atoms with Gasteiger partial charge in [-0.15, -0.1) is 0 Å². The summed E-state index contributed by atoms with van der Waals surface area (Å²) in [5.74, 6) is 0. The second-order valence-electron chi connectivity index (χ2n) is 6.97. The van der Waals surface area contributed by atoms with E-state index in [0.717, 1.165) is 49.5 Å². The van der Waals surface area contributed by atoms with Crippen LogP contribution in [0.1, 0.15) is 5.56 Å². The average Bonchev–Trinajstić information content (AvgIpc) is 3.12. The average molecular weight is 396 g/mol. The monoisotopic (exact) mass is 395 g/mol. The summed E-state index contributed by atoms with van der Waals surface area (Å²) >= 11 is 1.49. The fourth-order valence-corrected chi connectivity index (χ4v) is 4.27. The molecule has 2 aromatic carbocycles. The van der Waals surface area contributed by atoms with Crippen molar-refractivity contribution in [2.24, 2.45) is 0 Å². The fourth-order valence-electron chi connectivity index (χ4n) is 3.41. The quantitative estimate of drug-likeness (QED) is 0.673. The molecular weight excluding hydrogens is 370 g/mol. The van der Waals surface area contributed by atoms with Crippen LogP contribution in [0.5, 0.6) is 0 Å². The molecule has 1 aromatic heterocycles. The van der Waals surface area contributed by atoms with Crippen molar-refractivity contribution in [1.29, 1.82) is 0 Å². The molecule has 4 rings (SSSR count). The first-order valence-corrected chi connectivity index (χ1v) is 10.5. The molecule has 3 aromatic rings. The Morgan fingerprint density at radius 1 is 0.964 bits per heavy atom. The Morgan fingerprint density at radius 2 is 1.68 bits per heavy atom. The highest BCUT2D eigenvalue weighted by Crippen LogP contribution is 2.25. The van der Waals surface area contributed by atoms with Crippen LogP contribution in [0.4, 0.5) is 9.93 Å². The SMILES string of the molecule is O=C(NCCN1CCN(Cc2ccccc2)CC1)Nc1nc2ccccc2s1. The first kappa shape index (κ1) is 18.9. The van der Waals surface area contributed by atoms with Crippen LogP contribution >= 0.6 is 11.3 Å². The van der Waals surface area contributed by atoms with E-state index in [1.807, 2.05) is 24.3 Å². The number of piperazine rings is 1. The molecule has 7 heteroatoms. The molecule has 1 aliphatic heterocycles. The molecule has 0 saturated carbocycles. The number of nitrogens with one attached hydrogen (secondary N) is 2. The molecule has 2 amide bonds. The summed E-state index contributed by atoms with van der Waals surface area (Å²) in [7, 11) is 0. The van der Waals surface area contributed by atoms with Gasteiger partial charge in [-0.2, -0.15) is 0 Å². The summed E-state index contributed by atoms with van der Waals surface area (Å²) in [6.07, 6.45) is 0. The molecular formula is C21H25N5OS. The molecule has 0 atom stereocenters. The number of amides is 2. The van der Waals surface area contributed by atoms with E-state index in [9.17, 15) is 4.79 Å². The van der Waals surface area contributed by atoms with Gasteiger partial charge in [-0.1, -0.05) is 53.8 Å². The van der Waals surface area contributed by atoms with Crippen LogP contribution in [-0.2, 0) is 6.54 Å².